The predicted molar refractivity (Wildman–Crippen MR) is 49.7 cm³/mol. The molecule has 1 fully saturated rings. The van der Waals surface area contributed by atoms with Crippen LogP contribution in [0.15, 0.2) is 0 Å². The molecule has 2 unspecified atom stereocenters. The highest BCUT2D eigenvalue weighted by Gasteiger charge is 2.31. The van der Waals surface area contributed by atoms with Gasteiger partial charge in [-0.05, 0) is 6.92 Å². The molecule has 0 aromatic rings. The zero-order valence-electron chi connectivity index (χ0n) is 8.38. The average Bonchev–Trinajstić information content (AvgIpc) is 2.51. The largest absolute Gasteiger partial charge is 0.386 e. The molecule has 1 heterocycles. The van der Waals surface area contributed by atoms with Crippen molar-refractivity contribution in [2.24, 2.45) is 0 Å². The van der Waals surface area contributed by atoms with Crippen molar-refractivity contribution in [3.63, 3.8) is 0 Å². The van der Waals surface area contributed by atoms with Crippen molar-refractivity contribution in [1.82, 2.24) is 5.32 Å². The van der Waals surface area contributed by atoms with Crippen LogP contribution in [-0.2, 0) is 9.47 Å². The molecule has 1 saturated heterocycles. The Bertz CT molecular complexity index is 146. The lowest BCUT2D eigenvalue weighted by atomic mass is 10.0. The molecule has 78 valence electrons. The first-order valence-corrected chi connectivity index (χ1v) is 4.69. The Morgan fingerprint density at radius 3 is 3.00 bits per heavy atom. The topological polar surface area (TPSA) is 50.7 Å². The van der Waals surface area contributed by atoms with Crippen molar-refractivity contribution < 1.29 is 14.6 Å². The predicted octanol–water partition coefficient (Wildman–Crippen LogP) is -0.238. The van der Waals surface area contributed by atoms with Crippen molar-refractivity contribution in [2.45, 2.75) is 25.0 Å². The number of aliphatic hydroxyl groups is 1. The molecule has 0 aromatic heterocycles. The summed E-state index contributed by atoms with van der Waals surface area (Å²) in [4.78, 5) is 0. The molecule has 4 heteroatoms. The summed E-state index contributed by atoms with van der Waals surface area (Å²) in [7, 11) is 1.67. The van der Waals surface area contributed by atoms with Crippen LogP contribution >= 0.6 is 0 Å². The highest BCUT2D eigenvalue weighted by atomic mass is 16.5. The van der Waals surface area contributed by atoms with Gasteiger partial charge in [-0.1, -0.05) is 0 Å². The Kier molecular flexibility index (Phi) is 4.12. The average molecular weight is 189 g/mol. The quantitative estimate of drug-likeness (QED) is 0.627. The van der Waals surface area contributed by atoms with Crippen LogP contribution < -0.4 is 5.32 Å². The molecular weight excluding hydrogens is 170 g/mol. The molecule has 0 aromatic carbocycles. The molecule has 0 amide bonds. The lowest BCUT2D eigenvalue weighted by molar-refractivity contribution is 0.0227. The molecule has 0 saturated carbocycles. The molecule has 0 bridgehead atoms. The molecule has 1 aliphatic rings. The fourth-order valence-corrected chi connectivity index (χ4v) is 1.41. The Morgan fingerprint density at radius 2 is 2.46 bits per heavy atom. The first-order valence-electron chi connectivity index (χ1n) is 4.69. The maximum atomic E-state index is 9.88. The van der Waals surface area contributed by atoms with Crippen molar-refractivity contribution in [3.8, 4) is 0 Å². The fourth-order valence-electron chi connectivity index (χ4n) is 1.41. The van der Waals surface area contributed by atoms with Crippen LogP contribution in [0.25, 0.3) is 0 Å². The molecule has 13 heavy (non-hydrogen) atoms. The Hall–Kier alpha value is -0.160. The summed E-state index contributed by atoms with van der Waals surface area (Å²) in [5, 5.41) is 13.1. The molecule has 2 N–H and O–H groups in total. The van der Waals surface area contributed by atoms with Gasteiger partial charge in [-0.3, -0.25) is 0 Å². The first-order chi connectivity index (χ1) is 6.16. The number of rotatable bonds is 5. The van der Waals surface area contributed by atoms with Gasteiger partial charge in [0.1, 0.15) is 5.60 Å². The zero-order chi connectivity index (χ0) is 9.73. The van der Waals surface area contributed by atoms with Gasteiger partial charge in [-0.2, -0.15) is 0 Å². The summed E-state index contributed by atoms with van der Waals surface area (Å²) < 4.78 is 10.1. The summed E-state index contributed by atoms with van der Waals surface area (Å²) in [6.07, 6.45) is 0.722. The van der Waals surface area contributed by atoms with Crippen LogP contribution in [-0.4, -0.2) is 50.2 Å². The molecule has 0 radical (unpaired) electrons. The van der Waals surface area contributed by atoms with E-state index in [1.807, 2.05) is 6.92 Å². The SMILES string of the molecule is COCC(C)NCC1(O)CCOC1. The summed E-state index contributed by atoms with van der Waals surface area (Å²) in [6.45, 7) is 4.38. The highest BCUT2D eigenvalue weighted by Crippen LogP contribution is 2.16. The van der Waals surface area contributed by atoms with E-state index in [0.717, 1.165) is 6.42 Å². The second kappa shape index (κ2) is 4.91. The summed E-state index contributed by atoms with van der Waals surface area (Å²) in [5.41, 5.74) is -0.665. The smallest absolute Gasteiger partial charge is 0.102 e. The minimum absolute atomic E-state index is 0.273. The van der Waals surface area contributed by atoms with E-state index in [1.165, 1.54) is 0 Å². The van der Waals surface area contributed by atoms with Gasteiger partial charge in [0.15, 0.2) is 0 Å². The standard InChI is InChI=1S/C9H19NO3/c1-8(5-12-2)10-6-9(11)3-4-13-7-9/h8,10-11H,3-7H2,1-2H3. The van der Waals surface area contributed by atoms with Crippen LogP contribution in [0.2, 0.25) is 0 Å². The van der Waals surface area contributed by atoms with E-state index < -0.39 is 5.60 Å². The first kappa shape index (κ1) is 10.9. The van der Waals surface area contributed by atoms with Gasteiger partial charge in [0.05, 0.1) is 13.2 Å². The summed E-state index contributed by atoms with van der Waals surface area (Å²) in [6, 6.07) is 0.273. The maximum Gasteiger partial charge on any atom is 0.102 e. The van der Waals surface area contributed by atoms with Gasteiger partial charge in [-0.25, -0.2) is 0 Å². The van der Waals surface area contributed by atoms with Crippen LogP contribution in [0.1, 0.15) is 13.3 Å². The van der Waals surface area contributed by atoms with Crippen LogP contribution in [0.4, 0.5) is 0 Å². The zero-order valence-corrected chi connectivity index (χ0v) is 8.38. The summed E-state index contributed by atoms with van der Waals surface area (Å²) in [5.74, 6) is 0. The maximum absolute atomic E-state index is 9.88. The van der Waals surface area contributed by atoms with E-state index in [1.54, 1.807) is 7.11 Å². The van der Waals surface area contributed by atoms with E-state index >= 15 is 0 Å². The van der Waals surface area contributed by atoms with Crippen molar-refractivity contribution in [2.75, 3.05) is 33.5 Å². The van der Waals surface area contributed by atoms with Gasteiger partial charge < -0.3 is 19.9 Å². The molecule has 0 aliphatic carbocycles. The number of ether oxygens (including phenoxy) is 2. The van der Waals surface area contributed by atoms with E-state index in [2.05, 4.69) is 5.32 Å². The van der Waals surface area contributed by atoms with Gasteiger partial charge in [0.25, 0.3) is 0 Å². The lowest BCUT2D eigenvalue weighted by Gasteiger charge is -2.23. The molecule has 4 nitrogen and oxygen atoms in total. The highest BCUT2D eigenvalue weighted by molar-refractivity contribution is 4.85. The Labute approximate surface area is 79.2 Å². The molecule has 1 rings (SSSR count). The third-order valence-corrected chi connectivity index (χ3v) is 2.28. The number of hydrogen-bond acceptors (Lipinski definition) is 4. The van der Waals surface area contributed by atoms with Crippen molar-refractivity contribution >= 4 is 0 Å². The number of hydrogen-bond donors (Lipinski definition) is 2. The fraction of sp³-hybridized carbons (Fsp3) is 1.00. The van der Waals surface area contributed by atoms with E-state index in [4.69, 9.17) is 9.47 Å². The van der Waals surface area contributed by atoms with Gasteiger partial charge in [0, 0.05) is 32.7 Å². The van der Waals surface area contributed by atoms with E-state index in [-0.39, 0.29) is 6.04 Å². The molecule has 2 atom stereocenters. The monoisotopic (exact) mass is 189 g/mol. The van der Waals surface area contributed by atoms with Gasteiger partial charge in [-0.15, -0.1) is 0 Å². The molecule has 0 spiro atoms. The van der Waals surface area contributed by atoms with Gasteiger partial charge in [0.2, 0.25) is 0 Å². The van der Waals surface area contributed by atoms with Crippen LogP contribution in [0, 0.1) is 0 Å². The van der Waals surface area contributed by atoms with E-state index in [0.29, 0.717) is 26.4 Å². The van der Waals surface area contributed by atoms with Crippen molar-refractivity contribution in [3.05, 3.63) is 0 Å². The number of nitrogens with one attached hydrogen (secondary N) is 1. The molecule has 1 aliphatic heterocycles. The van der Waals surface area contributed by atoms with Crippen LogP contribution in [0.3, 0.4) is 0 Å². The lowest BCUT2D eigenvalue weighted by Crippen LogP contribution is -2.45. The number of methoxy groups -OCH3 is 1. The third kappa shape index (κ3) is 3.60. The second-order valence-corrected chi connectivity index (χ2v) is 3.76. The van der Waals surface area contributed by atoms with Gasteiger partial charge >= 0.3 is 0 Å². The van der Waals surface area contributed by atoms with Crippen LogP contribution in [0.5, 0.6) is 0 Å². The minimum atomic E-state index is -0.665. The Morgan fingerprint density at radius 1 is 1.69 bits per heavy atom. The minimum Gasteiger partial charge on any atom is -0.386 e. The second-order valence-electron chi connectivity index (χ2n) is 3.76. The summed E-state index contributed by atoms with van der Waals surface area (Å²) >= 11 is 0. The third-order valence-electron chi connectivity index (χ3n) is 2.28. The normalized spacial score (nSPS) is 30.7. The van der Waals surface area contributed by atoms with Crippen molar-refractivity contribution in [1.29, 1.82) is 0 Å². The van der Waals surface area contributed by atoms with E-state index in [9.17, 15) is 5.11 Å². The Balaban J connectivity index is 2.17. The molecular formula is C9H19NO3.